The molecular formula is C28H27ClF3N5O3. The first-order valence-electron chi connectivity index (χ1n) is 12.9. The lowest BCUT2D eigenvalue weighted by Crippen LogP contribution is -2.39. The molecule has 0 bridgehead atoms. The number of benzene rings is 2. The molecule has 1 aromatic heterocycles. The number of carbonyl (C=O) groups excluding carboxylic acids is 1. The van der Waals surface area contributed by atoms with Crippen molar-refractivity contribution >= 4 is 40.9 Å². The zero-order valence-corrected chi connectivity index (χ0v) is 22.0. The number of nitrogens with one attached hydrogen (secondary N) is 3. The van der Waals surface area contributed by atoms with Gasteiger partial charge in [0.15, 0.2) is 0 Å². The molecule has 210 valence electrons. The molecule has 0 saturated heterocycles. The fourth-order valence-electron chi connectivity index (χ4n) is 4.67. The van der Waals surface area contributed by atoms with E-state index in [-0.39, 0.29) is 34.6 Å². The summed E-state index contributed by atoms with van der Waals surface area (Å²) in [5.74, 6) is 1.03. The molecule has 0 unspecified atom stereocenters. The van der Waals surface area contributed by atoms with Crippen LogP contribution in [0.2, 0.25) is 5.02 Å². The lowest BCUT2D eigenvalue weighted by molar-refractivity contribution is -0.137. The fraction of sp³-hybridized carbons (Fsp3) is 0.321. The number of hydrogen-bond donors (Lipinski definition) is 4. The Hall–Kier alpha value is -3.83. The Kier molecular flexibility index (Phi) is 8.13. The minimum Gasteiger partial charge on any atom is -0.456 e. The Labute approximate surface area is 233 Å². The average molecular weight is 574 g/mol. The second kappa shape index (κ2) is 11.7. The standard InChI is InChI=1S/C28H27ClF3N5O3/c29-23-14-19(6-9-24(23)40-21-3-1-2-17(13-21)28(30,31)32)36-26-22-12-16(10-11-33-25(22)34-15-35-26)27(39)37-18-4-7-20(38)8-5-18/h1-3,6,9,12-15,18,20,38H,4-5,7-8,10-11H2,(H,37,39)(H2,33,34,35,36)/t18-,20-. The van der Waals surface area contributed by atoms with Gasteiger partial charge in [-0.05, 0) is 74.6 Å². The quantitative estimate of drug-likeness (QED) is 0.274. The van der Waals surface area contributed by atoms with Gasteiger partial charge < -0.3 is 25.8 Å². The molecule has 2 aliphatic rings. The van der Waals surface area contributed by atoms with Gasteiger partial charge in [-0.3, -0.25) is 4.79 Å². The number of amides is 1. The molecule has 2 heterocycles. The highest BCUT2D eigenvalue weighted by atomic mass is 35.5. The maximum absolute atomic E-state index is 13.1. The van der Waals surface area contributed by atoms with Crippen molar-refractivity contribution in [2.75, 3.05) is 17.2 Å². The minimum atomic E-state index is -4.49. The molecule has 1 amide bonds. The van der Waals surface area contributed by atoms with E-state index in [1.165, 1.54) is 18.5 Å². The number of rotatable bonds is 6. The van der Waals surface area contributed by atoms with Crippen LogP contribution in [-0.2, 0) is 11.0 Å². The summed E-state index contributed by atoms with van der Waals surface area (Å²) in [5, 5.41) is 19.4. The topological polar surface area (TPSA) is 108 Å². The molecule has 2 aromatic carbocycles. The summed E-state index contributed by atoms with van der Waals surface area (Å²) < 4.78 is 44.7. The van der Waals surface area contributed by atoms with E-state index in [0.29, 0.717) is 54.3 Å². The number of alkyl halides is 3. The van der Waals surface area contributed by atoms with Crippen molar-refractivity contribution in [2.24, 2.45) is 0 Å². The van der Waals surface area contributed by atoms with E-state index in [1.807, 2.05) is 0 Å². The molecule has 0 radical (unpaired) electrons. The van der Waals surface area contributed by atoms with Crippen LogP contribution in [0.4, 0.5) is 30.5 Å². The molecule has 1 aliphatic heterocycles. The number of ether oxygens (including phenoxy) is 1. The number of fused-ring (bicyclic) bond motifs is 1. The van der Waals surface area contributed by atoms with Crippen molar-refractivity contribution in [1.29, 1.82) is 0 Å². The second-order valence-corrected chi connectivity index (χ2v) is 10.1. The molecule has 8 nitrogen and oxygen atoms in total. The highest BCUT2D eigenvalue weighted by Gasteiger charge is 2.30. The molecule has 12 heteroatoms. The highest BCUT2D eigenvalue weighted by molar-refractivity contribution is 6.32. The van der Waals surface area contributed by atoms with Crippen molar-refractivity contribution in [3.8, 4) is 11.5 Å². The first kappa shape index (κ1) is 27.7. The zero-order valence-electron chi connectivity index (χ0n) is 21.3. The number of aromatic nitrogens is 2. The van der Waals surface area contributed by atoms with Crippen LogP contribution < -0.4 is 20.7 Å². The molecule has 3 aromatic rings. The van der Waals surface area contributed by atoms with Gasteiger partial charge in [-0.1, -0.05) is 17.7 Å². The van der Waals surface area contributed by atoms with Crippen LogP contribution in [0.15, 0.2) is 54.4 Å². The van der Waals surface area contributed by atoms with Gasteiger partial charge >= 0.3 is 6.18 Å². The first-order valence-corrected chi connectivity index (χ1v) is 13.2. The van der Waals surface area contributed by atoms with Crippen LogP contribution in [0, 0.1) is 0 Å². The highest BCUT2D eigenvalue weighted by Crippen LogP contribution is 2.36. The summed E-state index contributed by atoms with van der Waals surface area (Å²) >= 11 is 6.40. The molecule has 1 saturated carbocycles. The normalized spacial score (nSPS) is 19.0. The van der Waals surface area contributed by atoms with Gasteiger partial charge in [0.1, 0.15) is 29.5 Å². The number of aliphatic hydroxyl groups is 1. The van der Waals surface area contributed by atoms with Crippen LogP contribution in [0.3, 0.4) is 0 Å². The summed E-state index contributed by atoms with van der Waals surface area (Å²) in [7, 11) is 0. The molecule has 1 aliphatic carbocycles. The SMILES string of the molecule is O=C(N[C@H]1CC[C@H](O)CC1)C1=Cc2c(ncnc2Nc2ccc(Oc3cccc(C(F)(F)F)c3)c(Cl)c2)NCC1. The molecule has 0 spiro atoms. The number of hydrogen-bond acceptors (Lipinski definition) is 7. The molecular weight excluding hydrogens is 547 g/mol. The van der Waals surface area contributed by atoms with Gasteiger partial charge in [0, 0.05) is 23.8 Å². The lowest BCUT2D eigenvalue weighted by Gasteiger charge is -2.26. The number of nitrogens with zero attached hydrogens (tertiary/aromatic N) is 2. The maximum atomic E-state index is 13.1. The third-order valence-electron chi connectivity index (χ3n) is 6.80. The van der Waals surface area contributed by atoms with E-state index in [1.54, 1.807) is 24.3 Å². The van der Waals surface area contributed by atoms with Crippen molar-refractivity contribution in [2.45, 2.75) is 50.4 Å². The van der Waals surface area contributed by atoms with Crippen LogP contribution in [0.5, 0.6) is 11.5 Å². The van der Waals surface area contributed by atoms with Gasteiger partial charge in [-0.25, -0.2) is 9.97 Å². The van der Waals surface area contributed by atoms with E-state index in [4.69, 9.17) is 16.3 Å². The smallest absolute Gasteiger partial charge is 0.416 e. The lowest BCUT2D eigenvalue weighted by atomic mass is 9.93. The largest absolute Gasteiger partial charge is 0.456 e. The summed E-state index contributed by atoms with van der Waals surface area (Å²) in [4.78, 5) is 21.7. The molecule has 1 fully saturated rings. The van der Waals surface area contributed by atoms with Crippen molar-refractivity contribution in [1.82, 2.24) is 15.3 Å². The monoisotopic (exact) mass is 573 g/mol. The predicted molar refractivity (Wildman–Crippen MR) is 146 cm³/mol. The van der Waals surface area contributed by atoms with Crippen LogP contribution >= 0.6 is 11.6 Å². The second-order valence-electron chi connectivity index (χ2n) is 9.71. The summed E-state index contributed by atoms with van der Waals surface area (Å²) in [5.41, 5.74) is 0.908. The number of aliphatic hydroxyl groups excluding tert-OH is 1. The Morgan fingerprint density at radius 2 is 1.90 bits per heavy atom. The Morgan fingerprint density at radius 1 is 1.10 bits per heavy atom. The fourth-order valence-corrected chi connectivity index (χ4v) is 4.89. The Bertz CT molecular complexity index is 1420. The molecule has 4 N–H and O–H groups in total. The van der Waals surface area contributed by atoms with Gasteiger partial charge in [0.2, 0.25) is 5.91 Å². The van der Waals surface area contributed by atoms with Crippen molar-refractivity contribution < 1.29 is 27.8 Å². The third kappa shape index (κ3) is 6.65. The number of anilines is 3. The summed E-state index contributed by atoms with van der Waals surface area (Å²) in [6.45, 7) is 0.513. The van der Waals surface area contributed by atoms with Gasteiger partial charge in [0.25, 0.3) is 0 Å². The predicted octanol–water partition coefficient (Wildman–Crippen LogP) is 6.30. The zero-order chi connectivity index (χ0) is 28.3. The first-order chi connectivity index (χ1) is 19.2. The third-order valence-corrected chi connectivity index (χ3v) is 7.09. The van der Waals surface area contributed by atoms with Crippen LogP contribution in [-0.4, -0.2) is 39.7 Å². The van der Waals surface area contributed by atoms with E-state index >= 15 is 0 Å². The van der Waals surface area contributed by atoms with E-state index in [2.05, 4.69) is 25.9 Å². The maximum Gasteiger partial charge on any atom is 0.416 e. The minimum absolute atomic E-state index is 0.00461. The van der Waals surface area contributed by atoms with Crippen molar-refractivity contribution in [3.63, 3.8) is 0 Å². The Balaban J connectivity index is 1.33. The van der Waals surface area contributed by atoms with Crippen molar-refractivity contribution in [3.05, 3.63) is 70.5 Å². The van der Waals surface area contributed by atoms with E-state index in [0.717, 1.165) is 25.0 Å². The number of carbonyl (C=O) groups is 1. The summed E-state index contributed by atoms with van der Waals surface area (Å²) in [6.07, 6.45) is 1.66. The summed E-state index contributed by atoms with van der Waals surface area (Å²) in [6, 6.07) is 9.33. The molecule has 0 atom stereocenters. The Morgan fingerprint density at radius 3 is 2.65 bits per heavy atom. The molecule has 40 heavy (non-hydrogen) atoms. The number of halogens is 4. The van der Waals surface area contributed by atoms with Gasteiger partial charge in [-0.15, -0.1) is 0 Å². The van der Waals surface area contributed by atoms with Crippen LogP contribution in [0.1, 0.15) is 43.2 Å². The van der Waals surface area contributed by atoms with Crippen LogP contribution in [0.25, 0.3) is 6.08 Å². The van der Waals surface area contributed by atoms with E-state index in [9.17, 15) is 23.1 Å². The van der Waals surface area contributed by atoms with Gasteiger partial charge in [-0.2, -0.15) is 13.2 Å². The molecule has 5 rings (SSSR count). The average Bonchev–Trinajstić information content (AvgIpc) is 3.15. The van der Waals surface area contributed by atoms with Gasteiger partial charge in [0.05, 0.1) is 22.3 Å². The van der Waals surface area contributed by atoms with E-state index < -0.39 is 11.7 Å².